The molecule has 6 nitrogen and oxygen atoms in total. The van der Waals surface area contributed by atoms with Gasteiger partial charge in [0.1, 0.15) is 6.54 Å². The molecule has 0 aliphatic heterocycles. The molecule has 2 N–H and O–H groups in total. The van der Waals surface area contributed by atoms with E-state index in [9.17, 15) is 0 Å². The summed E-state index contributed by atoms with van der Waals surface area (Å²) in [7, 11) is 0. The van der Waals surface area contributed by atoms with E-state index in [-0.39, 0.29) is 24.0 Å². The molecule has 8 heteroatoms. The highest BCUT2D eigenvalue weighted by atomic mass is 127. The molecule has 0 fully saturated rings. The largest absolute Gasteiger partial charge is 0.357 e. The summed E-state index contributed by atoms with van der Waals surface area (Å²) >= 11 is 5.97. The van der Waals surface area contributed by atoms with E-state index in [1.54, 1.807) is 12.1 Å². The topological polar surface area (TPSA) is 75.3 Å². The van der Waals surface area contributed by atoms with Gasteiger partial charge >= 0.3 is 0 Å². The van der Waals surface area contributed by atoms with Crippen molar-refractivity contribution in [2.24, 2.45) is 10.9 Å². The molecule has 2 rings (SSSR count). The summed E-state index contributed by atoms with van der Waals surface area (Å²) in [4.78, 5) is 8.80. The molecule has 24 heavy (non-hydrogen) atoms. The SMILES string of the molecule is CCNC(=NCc1nc(-c2cccc(Cl)c2)no1)NCC(C)C.I. The molecule has 0 saturated carbocycles. The lowest BCUT2D eigenvalue weighted by Crippen LogP contribution is -2.39. The van der Waals surface area contributed by atoms with Gasteiger partial charge in [0.25, 0.3) is 0 Å². The third-order valence-electron chi connectivity index (χ3n) is 2.95. The van der Waals surface area contributed by atoms with Crippen molar-refractivity contribution in [1.29, 1.82) is 0 Å². The maximum absolute atomic E-state index is 5.97. The molecule has 0 saturated heterocycles. The number of rotatable bonds is 6. The lowest BCUT2D eigenvalue weighted by Gasteiger charge is -2.12. The monoisotopic (exact) mass is 463 g/mol. The Morgan fingerprint density at radius 2 is 2.12 bits per heavy atom. The van der Waals surface area contributed by atoms with Crippen LogP contribution < -0.4 is 10.6 Å². The fourth-order valence-corrected chi connectivity index (χ4v) is 2.04. The molecule has 0 spiro atoms. The second-order valence-electron chi connectivity index (χ2n) is 5.49. The summed E-state index contributed by atoms with van der Waals surface area (Å²) in [5.74, 6) is 2.25. The molecular formula is C16H23ClIN5O. The predicted molar refractivity (Wildman–Crippen MR) is 108 cm³/mol. The third-order valence-corrected chi connectivity index (χ3v) is 3.18. The van der Waals surface area contributed by atoms with Crippen LogP contribution in [0.4, 0.5) is 0 Å². The van der Waals surface area contributed by atoms with Gasteiger partial charge in [-0.05, 0) is 25.0 Å². The van der Waals surface area contributed by atoms with Gasteiger partial charge in [-0.1, -0.05) is 42.7 Å². The van der Waals surface area contributed by atoms with Crippen molar-refractivity contribution in [2.45, 2.75) is 27.3 Å². The molecule has 0 unspecified atom stereocenters. The fraction of sp³-hybridized carbons (Fsp3) is 0.438. The number of halogens is 2. The number of aliphatic imine (C=N–C) groups is 1. The number of benzene rings is 1. The molecule has 1 aromatic heterocycles. The van der Waals surface area contributed by atoms with Gasteiger partial charge < -0.3 is 15.2 Å². The highest BCUT2D eigenvalue weighted by Crippen LogP contribution is 2.19. The van der Waals surface area contributed by atoms with Gasteiger partial charge in [-0.15, -0.1) is 24.0 Å². The molecule has 0 amide bonds. The Bertz CT molecular complexity index is 659. The fourth-order valence-electron chi connectivity index (χ4n) is 1.85. The second kappa shape index (κ2) is 10.5. The van der Waals surface area contributed by atoms with Crippen LogP contribution in [0.15, 0.2) is 33.8 Å². The van der Waals surface area contributed by atoms with Crippen molar-refractivity contribution in [3.63, 3.8) is 0 Å². The highest BCUT2D eigenvalue weighted by molar-refractivity contribution is 14.0. The van der Waals surface area contributed by atoms with Gasteiger partial charge in [-0.3, -0.25) is 0 Å². The summed E-state index contributed by atoms with van der Waals surface area (Å²) in [5, 5.41) is 11.1. The quantitative estimate of drug-likeness (QED) is 0.388. The van der Waals surface area contributed by atoms with Crippen molar-refractivity contribution in [3.8, 4) is 11.4 Å². The van der Waals surface area contributed by atoms with Crippen LogP contribution in [-0.4, -0.2) is 29.2 Å². The zero-order valence-corrected chi connectivity index (χ0v) is 17.1. The molecule has 0 bridgehead atoms. The molecule has 2 aromatic rings. The minimum absolute atomic E-state index is 0. The first-order chi connectivity index (χ1) is 11.1. The van der Waals surface area contributed by atoms with Gasteiger partial charge in [0.15, 0.2) is 5.96 Å². The zero-order chi connectivity index (χ0) is 16.7. The molecule has 0 aliphatic rings. The average molecular weight is 464 g/mol. The number of hydrogen-bond acceptors (Lipinski definition) is 4. The lowest BCUT2D eigenvalue weighted by atomic mass is 10.2. The van der Waals surface area contributed by atoms with Crippen LogP contribution in [0.5, 0.6) is 0 Å². The molecular weight excluding hydrogens is 441 g/mol. The van der Waals surface area contributed by atoms with E-state index in [0.29, 0.717) is 29.2 Å². The van der Waals surface area contributed by atoms with Gasteiger partial charge in [0.05, 0.1) is 0 Å². The van der Waals surface area contributed by atoms with Crippen LogP contribution in [0.1, 0.15) is 26.7 Å². The second-order valence-corrected chi connectivity index (χ2v) is 5.93. The number of guanidine groups is 1. The van der Waals surface area contributed by atoms with Crippen molar-refractivity contribution in [2.75, 3.05) is 13.1 Å². The zero-order valence-electron chi connectivity index (χ0n) is 14.0. The Labute approximate surface area is 164 Å². The smallest absolute Gasteiger partial charge is 0.248 e. The van der Waals surface area contributed by atoms with Gasteiger partial charge in [0, 0.05) is 23.7 Å². The Morgan fingerprint density at radius 3 is 2.79 bits per heavy atom. The summed E-state index contributed by atoms with van der Waals surface area (Å²) < 4.78 is 5.25. The average Bonchev–Trinajstić information content (AvgIpc) is 2.99. The van der Waals surface area contributed by atoms with Gasteiger partial charge in [0.2, 0.25) is 11.7 Å². The van der Waals surface area contributed by atoms with Crippen LogP contribution in [0.3, 0.4) is 0 Å². The maximum atomic E-state index is 5.97. The van der Waals surface area contributed by atoms with Crippen molar-refractivity contribution < 1.29 is 4.52 Å². The van der Waals surface area contributed by atoms with Gasteiger partial charge in [-0.25, -0.2) is 4.99 Å². The minimum atomic E-state index is 0. The highest BCUT2D eigenvalue weighted by Gasteiger charge is 2.09. The Kier molecular flexibility index (Phi) is 9.05. The van der Waals surface area contributed by atoms with E-state index in [1.165, 1.54) is 0 Å². The Hall–Kier alpha value is -1.35. The predicted octanol–water partition coefficient (Wildman–Crippen LogP) is 3.72. The van der Waals surface area contributed by atoms with E-state index >= 15 is 0 Å². The summed E-state index contributed by atoms with van der Waals surface area (Å²) in [6, 6.07) is 7.34. The standard InChI is InChI=1S/C16H22ClN5O.HI/c1-4-18-16(19-9-11(2)3)20-10-14-21-15(22-23-14)12-6-5-7-13(17)8-12;/h5-8,11H,4,9-10H2,1-3H3,(H2,18,19,20);1H. The van der Waals surface area contributed by atoms with Crippen LogP contribution in [0.25, 0.3) is 11.4 Å². The summed E-state index contributed by atoms with van der Waals surface area (Å²) in [5.41, 5.74) is 0.821. The number of nitrogens with one attached hydrogen (secondary N) is 2. The van der Waals surface area contributed by atoms with Crippen LogP contribution >= 0.6 is 35.6 Å². The molecule has 0 aliphatic carbocycles. The van der Waals surface area contributed by atoms with Crippen molar-refractivity contribution in [3.05, 3.63) is 35.2 Å². The van der Waals surface area contributed by atoms with E-state index < -0.39 is 0 Å². The molecule has 1 aromatic carbocycles. The van der Waals surface area contributed by atoms with Crippen molar-refractivity contribution in [1.82, 2.24) is 20.8 Å². The van der Waals surface area contributed by atoms with Gasteiger partial charge in [-0.2, -0.15) is 4.98 Å². The first-order valence-electron chi connectivity index (χ1n) is 7.69. The van der Waals surface area contributed by atoms with E-state index in [1.807, 2.05) is 19.1 Å². The maximum Gasteiger partial charge on any atom is 0.248 e. The summed E-state index contributed by atoms with van der Waals surface area (Å²) in [6.45, 7) is 8.28. The van der Waals surface area contributed by atoms with E-state index in [4.69, 9.17) is 16.1 Å². The third kappa shape index (κ3) is 6.64. The lowest BCUT2D eigenvalue weighted by molar-refractivity contribution is 0.380. The first-order valence-corrected chi connectivity index (χ1v) is 8.07. The molecule has 0 radical (unpaired) electrons. The van der Waals surface area contributed by atoms with E-state index in [0.717, 1.165) is 24.6 Å². The minimum Gasteiger partial charge on any atom is -0.357 e. The van der Waals surface area contributed by atoms with Crippen LogP contribution in [0.2, 0.25) is 5.02 Å². The molecule has 0 atom stereocenters. The number of aromatic nitrogens is 2. The first kappa shape index (κ1) is 20.7. The van der Waals surface area contributed by atoms with Crippen molar-refractivity contribution >= 4 is 41.5 Å². The Balaban J connectivity index is 0.00000288. The van der Waals surface area contributed by atoms with E-state index in [2.05, 4.69) is 39.6 Å². The normalized spacial score (nSPS) is 11.3. The van der Waals surface area contributed by atoms with Crippen LogP contribution in [-0.2, 0) is 6.54 Å². The Morgan fingerprint density at radius 1 is 1.33 bits per heavy atom. The number of nitrogens with zero attached hydrogens (tertiary/aromatic N) is 3. The van der Waals surface area contributed by atoms with Crippen LogP contribution in [0, 0.1) is 5.92 Å². The summed E-state index contributed by atoms with van der Waals surface area (Å²) in [6.07, 6.45) is 0. The molecule has 1 heterocycles. The molecule has 132 valence electrons. The number of hydrogen-bond donors (Lipinski definition) is 2.